The van der Waals surface area contributed by atoms with E-state index in [4.69, 9.17) is 23.7 Å². The molecule has 2 saturated heterocycles. The lowest BCUT2D eigenvalue weighted by Gasteiger charge is -2.44. The van der Waals surface area contributed by atoms with Gasteiger partial charge in [0.15, 0.2) is 12.6 Å². The van der Waals surface area contributed by atoms with Crippen LogP contribution in [0.4, 0.5) is 0 Å². The zero-order valence-corrected chi connectivity index (χ0v) is 18.9. The summed E-state index contributed by atoms with van der Waals surface area (Å²) in [4.78, 5) is 0. The fourth-order valence-corrected chi connectivity index (χ4v) is 5.26. The summed E-state index contributed by atoms with van der Waals surface area (Å²) in [7, 11) is 0. The molecule has 1 saturated carbocycles. The molecule has 0 aromatic carbocycles. The fourth-order valence-electron chi connectivity index (χ4n) is 5.26. The molecule has 1 unspecified atom stereocenters. The Labute approximate surface area is 200 Å². The van der Waals surface area contributed by atoms with Gasteiger partial charge in [-0.15, -0.1) is 0 Å². The number of fused-ring (bicyclic) bond motifs is 1. The van der Waals surface area contributed by atoms with Crippen molar-refractivity contribution in [2.24, 2.45) is 11.8 Å². The molecule has 0 spiro atoms. The van der Waals surface area contributed by atoms with Crippen LogP contribution in [0.25, 0.3) is 0 Å². The lowest BCUT2D eigenvalue weighted by molar-refractivity contribution is -0.347. The molecule has 14 nitrogen and oxygen atoms in total. The molecule has 0 amide bonds. The van der Waals surface area contributed by atoms with E-state index in [1.165, 1.54) is 13.2 Å². The maximum atomic E-state index is 11.2. The molecule has 35 heavy (non-hydrogen) atoms. The molecule has 3 aliphatic heterocycles. The number of hydrogen-bond acceptors (Lipinski definition) is 14. The van der Waals surface area contributed by atoms with E-state index >= 15 is 0 Å². The van der Waals surface area contributed by atoms with Crippen molar-refractivity contribution in [3.8, 4) is 0 Å². The molecule has 3 heterocycles. The Balaban J connectivity index is 1.48. The van der Waals surface area contributed by atoms with Crippen molar-refractivity contribution in [3.05, 3.63) is 12.3 Å². The van der Waals surface area contributed by atoms with E-state index in [2.05, 4.69) is 0 Å². The van der Waals surface area contributed by atoms with Gasteiger partial charge in [-0.25, -0.2) is 0 Å². The number of aliphatic hydroxyl groups is 9. The van der Waals surface area contributed by atoms with E-state index in [9.17, 15) is 46.0 Å². The highest BCUT2D eigenvalue weighted by atomic mass is 16.8. The lowest BCUT2D eigenvalue weighted by atomic mass is 9.85. The summed E-state index contributed by atoms with van der Waals surface area (Å²) in [6.07, 6.45) is -14.0. The first-order chi connectivity index (χ1) is 16.5. The molecule has 3 fully saturated rings. The van der Waals surface area contributed by atoms with Crippen LogP contribution in [0, 0.1) is 11.8 Å². The van der Waals surface area contributed by atoms with Crippen molar-refractivity contribution in [1.29, 1.82) is 0 Å². The average Bonchev–Trinajstić information content (AvgIpc) is 3.10. The molecule has 15 atom stereocenters. The molecule has 0 bridgehead atoms. The van der Waals surface area contributed by atoms with Gasteiger partial charge in [-0.2, -0.15) is 0 Å². The van der Waals surface area contributed by atoms with E-state index < -0.39 is 104 Å². The summed E-state index contributed by atoms with van der Waals surface area (Å²) >= 11 is 0. The van der Waals surface area contributed by atoms with Gasteiger partial charge in [0.05, 0.1) is 37.1 Å². The quantitative estimate of drug-likeness (QED) is 0.163. The minimum absolute atomic E-state index is 0.0135. The summed E-state index contributed by atoms with van der Waals surface area (Å²) in [6.45, 7) is 0.241. The van der Waals surface area contributed by atoms with Gasteiger partial charge in [0.2, 0.25) is 6.29 Å². The van der Waals surface area contributed by atoms with E-state index in [1.807, 2.05) is 0 Å². The minimum Gasteiger partial charge on any atom is -0.472 e. The van der Waals surface area contributed by atoms with Gasteiger partial charge < -0.3 is 69.6 Å². The second kappa shape index (κ2) is 10.4. The van der Waals surface area contributed by atoms with E-state index in [-0.39, 0.29) is 6.42 Å². The zero-order valence-electron chi connectivity index (χ0n) is 18.9. The van der Waals surface area contributed by atoms with E-state index in [0.29, 0.717) is 0 Å². The molecule has 202 valence electrons. The summed E-state index contributed by atoms with van der Waals surface area (Å²) in [5, 5.41) is 90.6. The monoisotopic (exact) mass is 510 g/mol. The Morgan fingerprint density at radius 3 is 1.80 bits per heavy atom. The van der Waals surface area contributed by atoms with Crippen LogP contribution in [-0.2, 0) is 23.7 Å². The Kier molecular flexibility index (Phi) is 8.05. The number of hydrogen-bond donors (Lipinski definition) is 9. The fraction of sp³-hybridized carbons (Fsp3) is 0.905. The second-order valence-electron chi connectivity index (χ2n) is 9.70. The van der Waals surface area contributed by atoms with Crippen LogP contribution < -0.4 is 0 Å². The maximum Gasteiger partial charge on any atom is 0.207 e. The third-order valence-corrected chi connectivity index (χ3v) is 7.26. The van der Waals surface area contributed by atoms with Crippen LogP contribution in [0.2, 0.25) is 0 Å². The standard InChI is InChI=1S/C21H34O14/c1-21(30)4-8(32-19-16(28)14(26)12(24)9(5-22)33-19)7-2-3-31-18(11(7)21)35-20-17(29)15(27)13(25)10(6-23)34-20/h2-3,7-20,22-30H,4-6H2,1H3/t7-,8+,9+,10+,11+,12-,13+,14-,15-,16+,17+,18-,19+,20-,21?/m0/s1. The largest absolute Gasteiger partial charge is 0.472 e. The van der Waals surface area contributed by atoms with Crippen molar-refractivity contribution in [2.75, 3.05) is 13.2 Å². The molecule has 0 radical (unpaired) electrons. The average molecular weight is 510 g/mol. The number of ether oxygens (including phenoxy) is 5. The van der Waals surface area contributed by atoms with Crippen LogP contribution in [0.5, 0.6) is 0 Å². The SMILES string of the molecule is CC1(O)C[C@@H](O[C@@H]2O[C@H](CO)[C@H](O)[C@H](O)[C@H]2O)[C@@H]2C=CO[C@@H](O[C@@H]3O[C@H](CO)[C@@H](O)[C@H](O)[C@H]3O)[C@@H]21. The Morgan fingerprint density at radius 2 is 1.29 bits per heavy atom. The van der Waals surface area contributed by atoms with Crippen molar-refractivity contribution in [3.63, 3.8) is 0 Å². The van der Waals surface area contributed by atoms with Crippen LogP contribution >= 0.6 is 0 Å². The molecular formula is C21H34O14. The molecule has 0 aromatic rings. The Morgan fingerprint density at radius 1 is 0.771 bits per heavy atom. The smallest absolute Gasteiger partial charge is 0.207 e. The molecule has 4 rings (SSSR count). The molecule has 4 aliphatic rings. The van der Waals surface area contributed by atoms with Crippen LogP contribution in [0.1, 0.15) is 13.3 Å². The van der Waals surface area contributed by atoms with Crippen molar-refractivity contribution < 1.29 is 69.6 Å². The molecule has 14 heteroatoms. The lowest BCUT2D eigenvalue weighted by Crippen LogP contribution is -2.60. The Hall–Kier alpha value is -0.980. The van der Waals surface area contributed by atoms with Crippen LogP contribution in [-0.4, -0.2) is 139 Å². The van der Waals surface area contributed by atoms with Crippen LogP contribution in [0.15, 0.2) is 12.3 Å². The highest BCUT2D eigenvalue weighted by Crippen LogP contribution is 2.48. The van der Waals surface area contributed by atoms with Crippen molar-refractivity contribution >= 4 is 0 Å². The second-order valence-corrected chi connectivity index (χ2v) is 9.70. The normalized spacial score (nSPS) is 54.3. The van der Waals surface area contributed by atoms with Gasteiger partial charge in [0.1, 0.15) is 48.8 Å². The Bertz CT molecular complexity index is 746. The topological polar surface area (TPSA) is 228 Å². The van der Waals surface area contributed by atoms with E-state index in [0.717, 1.165) is 0 Å². The summed E-state index contributed by atoms with van der Waals surface area (Å²) in [5.74, 6) is -1.37. The third-order valence-electron chi connectivity index (χ3n) is 7.26. The first-order valence-corrected chi connectivity index (χ1v) is 11.5. The third kappa shape index (κ3) is 4.96. The van der Waals surface area contributed by atoms with Gasteiger partial charge in [-0.1, -0.05) is 0 Å². The van der Waals surface area contributed by atoms with Gasteiger partial charge in [0, 0.05) is 12.3 Å². The first-order valence-electron chi connectivity index (χ1n) is 11.5. The molecular weight excluding hydrogens is 476 g/mol. The van der Waals surface area contributed by atoms with Gasteiger partial charge >= 0.3 is 0 Å². The van der Waals surface area contributed by atoms with E-state index in [1.54, 1.807) is 6.08 Å². The molecule has 0 aromatic heterocycles. The number of rotatable bonds is 6. The minimum atomic E-state index is -1.67. The highest BCUT2D eigenvalue weighted by molar-refractivity contribution is 5.11. The predicted molar refractivity (Wildman–Crippen MR) is 110 cm³/mol. The number of aliphatic hydroxyl groups excluding tert-OH is 8. The van der Waals surface area contributed by atoms with Crippen molar-refractivity contribution in [1.82, 2.24) is 0 Å². The summed E-state index contributed by atoms with van der Waals surface area (Å²) < 4.78 is 28.0. The van der Waals surface area contributed by atoms with Gasteiger partial charge in [-0.05, 0) is 13.0 Å². The summed E-state index contributed by atoms with van der Waals surface area (Å²) in [5.41, 5.74) is -1.47. The molecule has 9 N–H and O–H groups in total. The first kappa shape index (κ1) is 27.1. The van der Waals surface area contributed by atoms with Crippen LogP contribution in [0.3, 0.4) is 0 Å². The maximum absolute atomic E-state index is 11.2. The van der Waals surface area contributed by atoms with Crippen molar-refractivity contribution in [2.45, 2.75) is 92.8 Å². The highest BCUT2D eigenvalue weighted by Gasteiger charge is 2.58. The zero-order chi connectivity index (χ0) is 25.7. The van der Waals surface area contributed by atoms with Gasteiger partial charge in [-0.3, -0.25) is 0 Å². The predicted octanol–water partition coefficient (Wildman–Crippen LogP) is -4.75. The summed E-state index contributed by atoms with van der Waals surface area (Å²) in [6, 6.07) is 0. The molecule has 1 aliphatic carbocycles. The van der Waals surface area contributed by atoms with Gasteiger partial charge in [0.25, 0.3) is 0 Å².